The Morgan fingerprint density at radius 3 is 2.38 bits per heavy atom. The van der Waals surface area contributed by atoms with Crippen molar-refractivity contribution in [3.63, 3.8) is 0 Å². The molecule has 3 amide bonds. The van der Waals surface area contributed by atoms with Crippen LogP contribution in [0.1, 0.15) is 31.0 Å². The SMILES string of the molecule is CC1(C)S[C@@H]2[C@H](NC(=O)C(NC(=O)OCc3ccccc3)c3ccc(OC(=O)OCI)cc3)C(=O)N2[C@H]1C(=O)O. The van der Waals surface area contributed by atoms with E-state index in [0.29, 0.717) is 5.56 Å². The lowest BCUT2D eigenvalue weighted by atomic mass is 9.95. The number of carboxylic acid groups (broad SMARTS) is 1. The van der Waals surface area contributed by atoms with E-state index in [1.807, 2.05) is 28.7 Å². The first-order valence-corrected chi connectivity index (χ1v) is 14.4. The fraction of sp³-hybridized carbons (Fsp3) is 0.346. The molecule has 4 atom stereocenters. The summed E-state index contributed by atoms with van der Waals surface area (Å²) in [4.78, 5) is 63.6. The number of hydrogen-bond acceptors (Lipinski definition) is 9. The van der Waals surface area contributed by atoms with Crippen LogP contribution in [0.5, 0.6) is 5.75 Å². The van der Waals surface area contributed by atoms with Gasteiger partial charge in [0.05, 0.1) is 0 Å². The van der Waals surface area contributed by atoms with E-state index >= 15 is 0 Å². The van der Waals surface area contributed by atoms with E-state index in [1.165, 1.54) is 40.9 Å². The number of rotatable bonds is 9. The van der Waals surface area contributed by atoms with Crippen molar-refractivity contribution in [3.8, 4) is 5.75 Å². The summed E-state index contributed by atoms with van der Waals surface area (Å²) in [5, 5.41) is 14.2. The number of nitrogens with zero attached hydrogens (tertiary/aromatic N) is 1. The van der Waals surface area contributed by atoms with Crippen LogP contribution in [0.15, 0.2) is 54.6 Å². The summed E-state index contributed by atoms with van der Waals surface area (Å²) >= 11 is 3.13. The largest absolute Gasteiger partial charge is 0.514 e. The molecule has 4 rings (SSSR count). The van der Waals surface area contributed by atoms with Crippen molar-refractivity contribution in [2.75, 3.05) is 4.61 Å². The zero-order valence-corrected chi connectivity index (χ0v) is 24.3. The molecular formula is C26H26IN3O9S. The number of nitrogens with one attached hydrogen (secondary N) is 2. The molecule has 0 aliphatic carbocycles. The number of carbonyl (C=O) groups is 5. The molecule has 212 valence electrons. The van der Waals surface area contributed by atoms with Crippen LogP contribution in [0, 0.1) is 0 Å². The van der Waals surface area contributed by atoms with Crippen LogP contribution in [-0.2, 0) is 30.5 Å². The Morgan fingerprint density at radius 1 is 1.07 bits per heavy atom. The molecule has 2 saturated heterocycles. The second kappa shape index (κ2) is 12.3. The number of alkyl halides is 1. The Hall–Kier alpha value is -3.53. The number of hydrogen-bond donors (Lipinski definition) is 3. The fourth-order valence-electron chi connectivity index (χ4n) is 4.46. The van der Waals surface area contributed by atoms with Crippen LogP contribution in [0.2, 0.25) is 0 Å². The third kappa shape index (κ3) is 6.43. The molecule has 2 heterocycles. The number of alkyl carbamates (subject to hydrolysis) is 1. The number of aliphatic carboxylic acids is 1. The zero-order chi connectivity index (χ0) is 29.0. The third-order valence-corrected chi connectivity index (χ3v) is 8.18. The van der Waals surface area contributed by atoms with Gasteiger partial charge in [-0.05, 0) is 59.7 Å². The van der Waals surface area contributed by atoms with Crippen LogP contribution < -0.4 is 15.4 Å². The van der Waals surface area contributed by atoms with Crippen LogP contribution in [0.4, 0.5) is 9.59 Å². The van der Waals surface area contributed by atoms with Crippen molar-refractivity contribution in [2.24, 2.45) is 0 Å². The molecule has 40 heavy (non-hydrogen) atoms. The highest BCUT2D eigenvalue weighted by molar-refractivity contribution is 14.1. The molecule has 0 aromatic heterocycles. The lowest BCUT2D eigenvalue weighted by molar-refractivity contribution is -0.161. The second-order valence-corrected chi connectivity index (χ2v) is 11.8. The summed E-state index contributed by atoms with van der Waals surface area (Å²) < 4.78 is 14.4. The standard InChI is InChI=1S/C26H26IN3O9S/c1-26(2)19(23(33)34)30-21(32)18(22(30)40-26)28-20(31)17(29-24(35)37-12-14-6-4-3-5-7-14)15-8-10-16(11-9-15)39-25(36)38-13-27/h3-11,17-19,22H,12-13H2,1-2H3,(H,28,31)(H,29,35)(H,33,34)/t17?,18-,19+,22-/m1/s1. The van der Waals surface area contributed by atoms with Crippen molar-refractivity contribution >= 4 is 64.4 Å². The Bertz CT molecular complexity index is 1290. The minimum Gasteiger partial charge on any atom is -0.480 e. The number of benzene rings is 2. The van der Waals surface area contributed by atoms with Gasteiger partial charge in [0.2, 0.25) is 11.8 Å². The monoisotopic (exact) mass is 683 g/mol. The summed E-state index contributed by atoms with van der Waals surface area (Å²) in [5.41, 5.74) is 1.06. The van der Waals surface area contributed by atoms with E-state index in [0.717, 1.165) is 5.56 Å². The quantitative estimate of drug-likeness (QED) is 0.118. The predicted octanol–water partition coefficient (Wildman–Crippen LogP) is 3.19. The highest BCUT2D eigenvalue weighted by Gasteiger charge is 2.64. The topological polar surface area (TPSA) is 161 Å². The molecule has 0 saturated carbocycles. The van der Waals surface area contributed by atoms with E-state index in [4.69, 9.17) is 14.2 Å². The summed E-state index contributed by atoms with van der Waals surface area (Å²) in [6, 6.07) is 11.5. The highest BCUT2D eigenvalue weighted by Crippen LogP contribution is 2.50. The van der Waals surface area contributed by atoms with Gasteiger partial charge in [-0.2, -0.15) is 0 Å². The molecule has 0 radical (unpaired) electrons. The van der Waals surface area contributed by atoms with E-state index in [9.17, 15) is 29.1 Å². The average Bonchev–Trinajstić information content (AvgIpc) is 3.18. The van der Waals surface area contributed by atoms with Crippen LogP contribution >= 0.6 is 34.4 Å². The van der Waals surface area contributed by atoms with E-state index in [1.54, 1.807) is 38.1 Å². The van der Waals surface area contributed by atoms with Gasteiger partial charge in [-0.1, -0.05) is 42.5 Å². The Kier molecular flexibility index (Phi) is 9.08. The smallest absolute Gasteiger partial charge is 0.480 e. The summed E-state index contributed by atoms with van der Waals surface area (Å²) in [6.07, 6.45) is -1.78. The molecule has 2 aromatic carbocycles. The fourth-order valence-corrected chi connectivity index (χ4v) is 6.34. The first-order valence-electron chi connectivity index (χ1n) is 12.0. The highest BCUT2D eigenvalue weighted by atomic mass is 127. The number of carboxylic acids is 1. The third-order valence-electron chi connectivity index (χ3n) is 6.30. The Morgan fingerprint density at radius 2 is 1.75 bits per heavy atom. The van der Waals surface area contributed by atoms with Crippen LogP contribution in [0.3, 0.4) is 0 Å². The van der Waals surface area contributed by atoms with Gasteiger partial charge >= 0.3 is 18.2 Å². The lowest BCUT2D eigenvalue weighted by Crippen LogP contribution is -2.71. The van der Waals surface area contributed by atoms with Crippen LogP contribution in [0.25, 0.3) is 0 Å². The van der Waals surface area contributed by atoms with Gasteiger partial charge in [-0.15, -0.1) is 11.8 Å². The normalized spacial score (nSPS) is 21.3. The molecule has 0 spiro atoms. The minimum absolute atomic E-state index is 0.0346. The number of carbonyl (C=O) groups excluding carboxylic acids is 4. The van der Waals surface area contributed by atoms with E-state index in [-0.39, 0.29) is 17.0 Å². The molecular weight excluding hydrogens is 657 g/mol. The molecule has 2 aliphatic rings. The van der Waals surface area contributed by atoms with E-state index in [2.05, 4.69) is 10.6 Å². The number of thioether (sulfide) groups is 1. The first-order chi connectivity index (χ1) is 19.0. The predicted molar refractivity (Wildman–Crippen MR) is 151 cm³/mol. The maximum absolute atomic E-state index is 13.4. The first kappa shape index (κ1) is 29.5. The number of β-lactam (4-membered cyclic amide) rings is 1. The van der Waals surface area contributed by atoms with Gasteiger partial charge in [0.1, 0.15) is 40.5 Å². The van der Waals surface area contributed by atoms with Gasteiger partial charge in [0.15, 0.2) is 0 Å². The van der Waals surface area contributed by atoms with Gasteiger partial charge in [-0.25, -0.2) is 14.4 Å². The van der Waals surface area contributed by atoms with Gasteiger partial charge < -0.3 is 34.9 Å². The molecule has 3 N–H and O–H groups in total. The number of ether oxygens (including phenoxy) is 3. The van der Waals surface area contributed by atoms with Crippen LogP contribution in [-0.4, -0.2) is 66.9 Å². The van der Waals surface area contributed by atoms with Gasteiger partial charge in [0, 0.05) is 4.75 Å². The van der Waals surface area contributed by atoms with Crippen molar-refractivity contribution in [1.29, 1.82) is 0 Å². The number of fused-ring (bicyclic) bond motifs is 1. The van der Waals surface area contributed by atoms with Crippen molar-refractivity contribution < 1.29 is 43.3 Å². The van der Waals surface area contributed by atoms with E-state index < -0.39 is 58.3 Å². The minimum atomic E-state index is -1.28. The Balaban J connectivity index is 1.49. The summed E-state index contributed by atoms with van der Waals surface area (Å²) in [5.74, 6) is -2.20. The lowest BCUT2D eigenvalue weighted by Gasteiger charge is -2.44. The average molecular weight is 683 g/mol. The van der Waals surface area contributed by atoms with Crippen molar-refractivity contribution in [1.82, 2.24) is 15.5 Å². The maximum atomic E-state index is 13.4. The molecule has 12 nitrogen and oxygen atoms in total. The molecule has 2 aliphatic heterocycles. The number of amides is 3. The second-order valence-electron chi connectivity index (χ2n) is 9.40. The van der Waals surface area contributed by atoms with Crippen molar-refractivity contribution in [3.05, 3.63) is 65.7 Å². The van der Waals surface area contributed by atoms with Crippen molar-refractivity contribution in [2.45, 2.75) is 48.7 Å². The van der Waals surface area contributed by atoms with Gasteiger partial charge in [0.25, 0.3) is 0 Å². The molecule has 2 aromatic rings. The Labute approximate surface area is 247 Å². The van der Waals surface area contributed by atoms with Gasteiger partial charge in [-0.3, -0.25) is 9.59 Å². The number of halogens is 1. The molecule has 0 bridgehead atoms. The maximum Gasteiger partial charge on any atom is 0.514 e. The zero-order valence-electron chi connectivity index (χ0n) is 21.4. The molecule has 2 fully saturated rings. The summed E-state index contributed by atoms with van der Waals surface area (Å²) in [7, 11) is 0. The molecule has 14 heteroatoms. The molecule has 1 unspecified atom stereocenters. The summed E-state index contributed by atoms with van der Waals surface area (Å²) in [6.45, 7) is 3.42.